The summed E-state index contributed by atoms with van der Waals surface area (Å²) in [4.78, 5) is 38.7. The van der Waals surface area contributed by atoms with Gasteiger partial charge in [0.05, 0.1) is 5.56 Å². The van der Waals surface area contributed by atoms with Gasteiger partial charge in [-0.2, -0.15) is 0 Å². The number of nitrogens with zero attached hydrogens (tertiary/aromatic N) is 2. The fraction of sp³-hybridized carbons (Fsp3) is 0.278. The van der Waals surface area contributed by atoms with E-state index in [0.717, 1.165) is 0 Å². The molecule has 0 radical (unpaired) electrons. The van der Waals surface area contributed by atoms with Crippen molar-refractivity contribution >= 4 is 29.1 Å². The molecule has 0 fully saturated rings. The van der Waals surface area contributed by atoms with Crippen LogP contribution in [0.3, 0.4) is 0 Å². The predicted molar refractivity (Wildman–Crippen MR) is 98.3 cm³/mol. The molecule has 2 rings (SSSR count). The van der Waals surface area contributed by atoms with Crippen LogP contribution in [0.5, 0.6) is 0 Å². The second kappa shape index (κ2) is 7.98. The summed E-state index contributed by atoms with van der Waals surface area (Å²) >= 11 is 5.81. The van der Waals surface area contributed by atoms with E-state index in [1.165, 1.54) is 16.8 Å². The monoisotopic (exact) mass is 361 g/mol. The molecule has 25 heavy (non-hydrogen) atoms. The van der Waals surface area contributed by atoms with Crippen molar-refractivity contribution in [3.8, 4) is 0 Å². The molecule has 1 aromatic carbocycles. The molecule has 6 nitrogen and oxygen atoms in total. The Labute approximate surface area is 151 Å². The van der Waals surface area contributed by atoms with E-state index >= 15 is 0 Å². The fourth-order valence-corrected chi connectivity index (χ4v) is 2.53. The topological polar surface area (TPSA) is 71.4 Å². The first kappa shape index (κ1) is 18.7. The van der Waals surface area contributed by atoms with E-state index in [1.807, 2.05) is 13.8 Å². The summed E-state index contributed by atoms with van der Waals surface area (Å²) in [6.45, 7) is 4.88. The highest BCUT2D eigenvalue weighted by atomic mass is 35.5. The number of hydrogen-bond acceptors (Lipinski definition) is 3. The van der Waals surface area contributed by atoms with E-state index in [-0.39, 0.29) is 11.6 Å². The van der Waals surface area contributed by atoms with Crippen molar-refractivity contribution in [2.45, 2.75) is 13.8 Å². The Balaban J connectivity index is 2.34. The lowest BCUT2D eigenvalue weighted by atomic mass is 10.2. The van der Waals surface area contributed by atoms with Crippen LogP contribution in [0.4, 0.5) is 5.69 Å². The summed E-state index contributed by atoms with van der Waals surface area (Å²) in [6, 6.07) is 7.72. The number of nitrogens with one attached hydrogen (secondary N) is 1. The van der Waals surface area contributed by atoms with Crippen LogP contribution in [0.2, 0.25) is 5.02 Å². The van der Waals surface area contributed by atoms with Crippen LogP contribution in [0.1, 0.15) is 34.6 Å². The van der Waals surface area contributed by atoms with E-state index in [1.54, 1.807) is 36.2 Å². The maximum atomic E-state index is 12.5. The number of aromatic nitrogens is 1. The number of carbonyl (C=O) groups excluding carboxylic acids is 2. The lowest BCUT2D eigenvalue weighted by Gasteiger charge is -2.19. The number of anilines is 1. The molecule has 0 aliphatic carbocycles. The van der Waals surface area contributed by atoms with Gasteiger partial charge in [0.2, 0.25) is 0 Å². The first-order valence-corrected chi connectivity index (χ1v) is 8.32. The normalized spacial score (nSPS) is 10.4. The third kappa shape index (κ3) is 4.28. The quantitative estimate of drug-likeness (QED) is 0.890. The maximum Gasteiger partial charge on any atom is 0.274 e. The molecule has 0 aliphatic rings. The summed E-state index contributed by atoms with van der Waals surface area (Å²) in [5.74, 6) is -0.635. The number of aryl methyl sites for hydroxylation is 1. The van der Waals surface area contributed by atoms with Gasteiger partial charge < -0.3 is 14.8 Å². The minimum absolute atomic E-state index is 0.0560. The molecule has 1 N–H and O–H groups in total. The molecule has 132 valence electrons. The van der Waals surface area contributed by atoms with Crippen LogP contribution in [-0.4, -0.2) is 34.4 Å². The van der Waals surface area contributed by atoms with E-state index in [0.29, 0.717) is 29.2 Å². The summed E-state index contributed by atoms with van der Waals surface area (Å²) < 4.78 is 1.29. The van der Waals surface area contributed by atoms with Gasteiger partial charge in [-0.1, -0.05) is 11.6 Å². The van der Waals surface area contributed by atoms with Gasteiger partial charge in [-0.3, -0.25) is 14.4 Å². The Morgan fingerprint density at radius 3 is 2.28 bits per heavy atom. The molecule has 7 heteroatoms. The molecule has 0 saturated carbocycles. The molecule has 0 bridgehead atoms. The third-order valence-electron chi connectivity index (χ3n) is 3.84. The first-order chi connectivity index (χ1) is 11.9. The fourth-order valence-electron chi connectivity index (χ4n) is 2.41. The number of halogens is 1. The molecule has 2 aromatic rings. The molecule has 0 saturated heterocycles. The molecule has 0 atom stereocenters. The third-order valence-corrected chi connectivity index (χ3v) is 4.09. The van der Waals surface area contributed by atoms with Crippen molar-refractivity contribution < 1.29 is 9.59 Å². The minimum atomic E-state index is -0.443. The number of carbonyl (C=O) groups is 2. The Morgan fingerprint density at radius 2 is 1.72 bits per heavy atom. The van der Waals surface area contributed by atoms with Gasteiger partial charge in [-0.25, -0.2) is 0 Å². The summed E-state index contributed by atoms with van der Waals surface area (Å²) in [5.41, 5.74) is 0.378. The Bertz CT molecular complexity index is 840. The van der Waals surface area contributed by atoms with Gasteiger partial charge in [-0.05, 0) is 44.2 Å². The average molecular weight is 362 g/mol. The van der Waals surface area contributed by atoms with Crippen LogP contribution in [-0.2, 0) is 7.05 Å². The highest BCUT2D eigenvalue weighted by Gasteiger charge is 2.17. The van der Waals surface area contributed by atoms with Crippen LogP contribution >= 0.6 is 11.6 Å². The van der Waals surface area contributed by atoms with Gasteiger partial charge in [0.1, 0.15) is 5.69 Å². The molecule has 2 amide bonds. The number of benzene rings is 1. The Kier molecular flexibility index (Phi) is 5.98. The summed E-state index contributed by atoms with van der Waals surface area (Å²) in [6.07, 6.45) is 1.47. The number of rotatable bonds is 5. The lowest BCUT2D eigenvalue weighted by Crippen LogP contribution is -2.32. The molecular weight excluding hydrogens is 342 g/mol. The largest absolute Gasteiger partial charge is 0.339 e. The van der Waals surface area contributed by atoms with Crippen molar-refractivity contribution in [2.75, 3.05) is 18.4 Å². The second-order valence-corrected chi connectivity index (χ2v) is 5.93. The molecule has 1 aromatic heterocycles. The van der Waals surface area contributed by atoms with Crippen LogP contribution in [0, 0.1) is 0 Å². The summed E-state index contributed by atoms with van der Waals surface area (Å²) in [5, 5.41) is 3.08. The predicted octanol–water partition coefficient (Wildman–Crippen LogP) is 2.77. The van der Waals surface area contributed by atoms with Crippen molar-refractivity contribution in [3.63, 3.8) is 0 Å². The molecule has 0 unspecified atom stereocenters. The van der Waals surface area contributed by atoms with Crippen molar-refractivity contribution in [1.29, 1.82) is 0 Å². The standard InChI is InChI=1S/C18H20ClN3O3/c1-4-22(5-2)17(24)13-10-15(18(25)21(3)11-13)20-16(23)12-6-8-14(19)9-7-12/h6-11H,4-5H2,1-3H3,(H,20,23). The van der Waals surface area contributed by atoms with Crippen LogP contribution in [0.25, 0.3) is 0 Å². The van der Waals surface area contributed by atoms with E-state index in [9.17, 15) is 14.4 Å². The number of amides is 2. The van der Waals surface area contributed by atoms with Gasteiger partial charge >= 0.3 is 0 Å². The molecule has 0 aliphatic heterocycles. The average Bonchev–Trinajstić information content (AvgIpc) is 2.60. The molecular formula is C18H20ClN3O3. The van der Waals surface area contributed by atoms with Crippen molar-refractivity contribution in [2.24, 2.45) is 7.05 Å². The van der Waals surface area contributed by atoms with Crippen LogP contribution in [0.15, 0.2) is 41.3 Å². The number of pyridine rings is 1. The summed E-state index contributed by atoms with van der Waals surface area (Å²) in [7, 11) is 1.54. The van der Waals surface area contributed by atoms with E-state index in [2.05, 4.69) is 5.32 Å². The van der Waals surface area contributed by atoms with Crippen molar-refractivity contribution in [3.05, 3.63) is 63.0 Å². The zero-order valence-electron chi connectivity index (χ0n) is 14.4. The highest BCUT2D eigenvalue weighted by molar-refractivity contribution is 6.30. The zero-order valence-corrected chi connectivity index (χ0v) is 15.1. The van der Waals surface area contributed by atoms with E-state index in [4.69, 9.17) is 11.6 Å². The molecule has 0 spiro atoms. The lowest BCUT2D eigenvalue weighted by molar-refractivity contribution is 0.0771. The second-order valence-electron chi connectivity index (χ2n) is 5.50. The van der Waals surface area contributed by atoms with Gasteiger partial charge in [0.15, 0.2) is 0 Å². The van der Waals surface area contributed by atoms with Gasteiger partial charge in [-0.15, -0.1) is 0 Å². The van der Waals surface area contributed by atoms with Gasteiger partial charge in [0, 0.05) is 36.9 Å². The van der Waals surface area contributed by atoms with Gasteiger partial charge in [0.25, 0.3) is 17.4 Å². The zero-order chi connectivity index (χ0) is 18.6. The number of hydrogen-bond donors (Lipinski definition) is 1. The maximum absolute atomic E-state index is 12.5. The van der Waals surface area contributed by atoms with Crippen LogP contribution < -0.4 is 10.9 Å². The van der Waals surface area contributed by atoms with E-state index < -0.39 is 11.5 Å². The Morgan fingerprint density at radius 1 is 1.12 bits per heavy atom. The smallest absolute Gasteiger partial charge is 0.274 e. The minimum Gasteiger partial charge on any atom is -0.339 e. The first-order valence-electron chi connectivity index (χ1n) is 7.94. The highest BCUT2D eigenvalue weighted by Crippen LogP contribution is 2.13. The Hall–Kier alpha value is -2.60. The molecule has 1 heterocycles. The van der Waals surface area contributed by atoms with Crippen molar-refractivity contribution in [1.82, 2.24) is 9.47 Å². The SMILES string of the molecule is CCN(CC)C(=O)c1cc(NC(=O)c2ccc(Cl)cc2)c(=O)n(C)c1.